The summed E-state index contributed by atoms with van der Waals surface area (Å²) < 4.78 is 32.1. The third kappa shape index (κ3) is 7.78. The molecule has 0 heterocycles. The smallest absolute Gasteiger partial charge is 0.261 e. The van der Waals surface area contributed by atoms with Gasteiger partial charge < -0.3 is 9.47 Å². The summed E-state index contributed by atoms with van der Waals surface area (Å²) >= 11 is 0. The van der Waals surface area contributed by atoms with Gasteiger partial charge >= 0.3 is 0 Å². The Morgan fingerprint density at radius 2 is 1.80 bits per heavy atom. The van der Waals surface area contributed by atoms with Crippen LogP contribution in [0.4, 0.5) is 8.78 Å². The third-order valence-electron chi connectivity index (χ3n) is 0.820. The van der Waals surface area contributed by atoms with E-state index in [2.05, 4.69) is 4.74 Å². The van der Waals surface area contributed by atoms with E-state index in [1.54, 1.807) is 0 Å². The van der Waals surface area contributed by atoms with Crippen LogP contribution in [0.15, 0.2) is 0 Å². The molecule has 0 atom stereocenters. The van der Waals surface area contributed by atoms with Crippen molar-refractivity contribution in [1.82, 2.24) is 0 Å². The Kier molecular flexibility index (Phi) is 6.74. The lowest BCUT2D eigenvalue weighted by Gasteiger charge is -2.02. The molecule has 0 aromatic heterocycles. The van der Waals surface area contributed by atoms with Crippen LogP contribution in [0.1, 0.15) is 6.92 Å². The average molecular weight is 154 g/mol. The van der Waals surface area contributed by atoms with E-state index in [9.17, 15) is 8.78 Å². The van der Waals surface area contributed by atoms with Gasteiger partial charge in [-0.3, -0.25) is 0 Å². The number of rotatable bonds is 6. The zero-order valence-corrected chi connectivity index (χ0v) is 5.98. The number of hydrogen-bond acceptors (Lipinski definition) is 2. The van der Waals surface area contributed by atoms with Crippen LogP contribution in [-0.4, -0.2) is 32.9 Å². The first-order chi connectivity index (χ1) is 4.77. The van der Waals surface area contributed by atoms with Gasteiger partial charge in [0.1, 0.15) is 6.61 Å². The standard InChI is InChI=1S/C6H12F2O2/c1-2-9-3-4-10-5-6(7)8/h6H,2-5H2,1H3. The van der Waals surface area contributed by atoms with E-state index in [1.807, 2.05) is 6.92 Å². The Morgan fingerprint density at radius 1 is 1.20 bits per heavy atom. The predicted molar refractivity (Wildman–Crippen MR) is 33.3 cm³/mol. The molecule has 0 aromatic carbocycles. The highest BCUT2D eigenvalue weighted by Crippen LogP contribution is 1.91. The van der Waals surface area contributed by atoms with E-state index in [1.165, 1.54) is 0 Å². The first-order valence-electron chi connectivity index (χ1n) is 3.21. The van der Waals surface area contributed by atoms with Crippen molar-refractivity contribution in [2.24, 2.45) is 0 Å². The molecule has 0 aliphatic carbocycles. The second kappa shape index (κ2) is 6.89. The van der Waals surface area contributed by atoms with E-state index >= 15 is 0 Å². The number of halogens is 2. The van der Waals surface area contributed by atoms with Crippen molar-refractivity contribution in [1.29, 1.82) is 0 Å². The van der Waals surface area contributed by atoms with Crippen LogP contribution >= 0.6 is 0 Å². The van der Waals surface area contributed by atoms with Crippen molar-refractivity contribution in [2.45, 2.75) is 13.3 Å². The van der Waals surface area contributed by atoms with Gasteiger partial charge in [-0.15, -0.1) is 0 Å². The molecule has 2 nitrogen and oxygen atoms in total. The molecule has 0 aromatic rings. The first-order valence-corrected chi connectivity index (χ1v) is 3.21. The normalized spacial score (nSPS) is 10.8. The lowest BCUT2D eigenvalue weighted by Crippen LogP contribution is -2.09. The summed E-state index contributed by atoms with van der Waals surface area (Å²) in [6, 6.07) is 0. The van der Waals surface area contributed by atoms with Crippen molar-refractivity contribution in [2.75, 3.05) is 26.4 Å². The van der Waals surface area contributed by atoms with Crippen molar-refractivity contribution in [3.63, 3.8) is 0 Å². The molecule has 0 aliphatic heterocycles. The monoisotopic (exact) mass is 154 g/mol. The predicted octanol–water partition coefficient (Wildman–Crippen LogP) is 1.30. The van der Waals surface area contributed by atoms with Gasteiger partial charge in [0.2, 0.25) is 0 Å². The van der Waals surface area contributed by atoms with Gasteiger partial charge in [-0.25, -0.2) is 8.78 Å². The van der Waals surface area contributed by atoms with Crippen molar-refractivity contribution < 1.29 is 18.3 Å². The lowest BCUT2D eigenvalue weighted by molar-refractivity contribution is -0.00732. The van der Waals surface area contributed by atoms with Crippen LogP contribution in [-0.2, 0) is 9.47 Å². The minimum Gasteiger partial charge on any atom is -0.379 e. The van der Waals surface area contributed by atoms with Gasteiger partial charge in [-0.05, 0) is 6.92 Å². The second-order valence-corrected chi connectivity index (χ2v) is 1.66. The molecule has 0 radical (unpaired) electrons. The van der Waals surface area contributed by atoms with Crippen LogP contribution in [0.25, 0.3) is 0 Å². The van der Waals surface area contributed by atoms with Crippen LogP contribution in [0.3, 0.4) is 0 Å². The molecular formula is C6H12F2O2. The Hall–Kier alpha value is -0.220. The first kappa shape index (κ1) is 9.78. The molecule has 4 heteroatoms. The lowest BCUT2D eigenvalue weighted by atomic mass is 10.7. The Labute approximate surface area is 59.1 Å². The third-order valence-corrected chi connectivity index (χ3v) is 0.820. The fourth-order valence-corrected chi connectivity index (χ4v) is 0.435. The summed E-state index contributed by atoms with van der Waals surface area (Å²) in [5.74, 6) is 0. The van der Waals surface area contributed by atoms with Crippen LogP contribution in [0.2, 0.25) is 0 Å². The van der Waals surface area contributed by atoms with Crippen molar-refractivity contribution in [3.05, 3.63) is 0 Å². The molecule has 0 fully saturated rings. The highest BCUT2D eigenvalue weighted by molar-refractivity contribution is 4.33. The number of ether oxygens (including phenoxy) is 2. The fraction of sp³-hybridized carbons (Fsp3) is 1.00. The number of hydrogen-bond donors (Lipinski definition) is 0. The SMILES string of the molecule is CCOCCOCC(F)F. The van der Waals surface area contributed by atoms with Gasteiger partial charge in [0.05, 0.1) is 13.2 Å². The molecule has 62 valence electrons. The summed E-state index contributed by atoms with van der Waals surface area (Å²) in [4.78, 5) is 0. The highest BCUT2D eigenvalue weighted by atomic mass is 19.3. The van der Waals surface area contributed by atoms with E-state index < -0.39 is 13.0 Å². The summed E-state index contributed by atoms with van der Waals surface area (Å²) in [6.07, 6.45) is -2.37. The topological polar surface area (TPSA) is 18.5 Å². The van der Waals surface area contributed by atoms with Crippen LogP contribution in [0, 0.1) is 0 Å². The van der Waals surface area contributed by atoms with E-state index in [0.717, 1.165) is 0 Å². The molecule has 0 N–H and O–H groups in total. The molecule has 0 saturated heterocycles. The zero-order chi connectivity index (χ0) is 7.82. The molecule has 10 heavy (non-hydrogen) atoms. The van der Waals surface area contributed by atoms with Gasteiger partial charge in [-0.2, -0.15) is 0 Å². The summed E-state index contributed by atoms with van der Waals surface area (Å²) in [6.45, 7) is 2.58. The summed E-state index contributed by atoms with van der Waals surface area (Å²) in [7, 11) is 0. The Bertz CT molecular complexity index is 68.8. The molecule has 0 bridgehead atoms. The van der Waals surface area contributed by atoms with Gasteiger partial charge in [-0.1, -0.05) is 0 Å². The van der Waals surface area contributed by atoms with Gasteiger partial charge in [0, 0.05) is 6.61 Å². The molecule has 0 rings (SSSR count). The van der Waals surface area contributed by atoms with Gasteiger partial charge in [0.25, 0.3) is 6.43 Å². The maximum absolute atomic E-state index is 11.4. The van der Waals surface area contributed by atoms with Crippen molar-refractivity contribution in [3.8, 4) is 0 Å². The van der Waals surface area contributed by atoms with Crippen molar-refractivity contribution >= 4 is 0 Å². The summed E-state index contributed by atoms with van der Waals surface area (Å²) in [5, 5.41) is 0. The molecule has 0 unspecified atom stereocenters. The molecular weight excluding hydrogens is 142 g/mol. The maximum atomic E-state index is 11.4. The maximum Gasteiger partial charge on any atom is 0.261 e. The zero-order valence-electron chi connectivity index (χ0n) is 5.98. The second-order valence-electron chi connectivity index (χ2n) is 1.66. The molecule has 0 spiro atoms. The number of alkyl halides is 2. The summed E-state index contributed by atoms with van der Waals surface area (Å²) in [5.41, 5.74) is 0. The fourth-order valence-electron chi connectivity index (χ4n) is 0.435. The Balaban J connectivity index is 2.77. The molecule has 0 saturated carbocycles. The van der Waals surface area contributed by atoms with E-state index in [4.69, 9.17) is 4.74 Å². The largest absolute Gasteiger partial charge is 0.379 e. The van der Waals surface area contributed by atoms with E-state index in [-0.39, 0.29) is 6.61 Å². The minimum absolute atomic E-state index is 0.248. The van der Waals surface area contributed by atoms with E-state index in [0.29, 0.717) is 13.2 Å². The molecule has 0 amide bonds. The molecule has 0 aliphatic rings. The Morgan fingerprint density at radius 3 is 2.30 bits per heavy atom. The van der Waals surface area contributed by atoms with Gasteiger partial charge in [0.15, 0.2) is 0 Å². The highest BCUT2D eigenvalue weighted by Gasteiger charge is 2.00. The average Bonchev–Trinajstić information content (AvgIpc) is 1.87. The van der Waals surface area contributed by atoms with Crippen LogP contribution in [0.5, 0.6) is 0 Å². The minimum atomic E-state index is -2.37. The van der Waals surface area contributed by atoms with Crippen LogP contribution < -0.4 is 0 Å². The quantitative estimate of drug-likeness (QED) is 0.537.